The fourth-order valence-corrected chi connectivity index (χ4v) is 3.28. The zero-order valence-electron chi connectivity index (χ0n) is 18.6. The van der Waals surface area contributed by atoms with Gasteiger partial charge in [0.15, 0.2) is 12.4 Å². The Labute approximate surface area is 178 Å². The minimum atomic E-state index is -10.7. The molecular weight excluding hydrogens is 423 g/mol. The standard InChI is InChI=1S/C22H40N.F6P/c1-3-4-5-6-7-8-9-10-11-12-13-14-15-16-19-23-20-17-18-22(2)21-23;1-7(2,3,4,5)6/h17-18,20-21H,3-16,19H2,1-2H3;/q+1;-1. The predicted octanol–water partition coefficient (Wildman–Crippen LogP) is 10.1. The molecule has 0 aliphatic rings. The van der Waals surface area contributed by atoms with Gasteiger partial charge in [0.25, 0.3) is 0 Å². The molecule has 0 N–H and O–H groups in total. The van der Waals surface area contributed by atoms with Crippen LogP contribution in [0.4, 0.5) is 25.2 Å². The summed E-state index contributed by atoms with van der Waals surface area (Å²) in [6.45, 7) is 5.64. The molecule has 30 heavy (non-hydrogen) atoms. The van der Waals surface area contributed by atoms with E-state index >= 15 is 0 Å². The fraction of sp³-hybridized carbons (Fsp3) is 0.773. The first-order chi connectivity index (χ1) is 13.8. The van der Waals surface area contributed by atoms with E-state index in [1.165, 1.54) is 102 Å². The Morgan fingerprint density at radius 3 is 1.40 bits per heavy atom. The minimum absolute atomic E-state index is 1.18. The van der Waals surface area contributed by atoms with Crippen molar-refractivity contribution in [3.63, 3.8) is 0 Å². The second kappa shape index (κ2) is 13.5. The van der Waals surface area contributed by atoms with Gasteiger partial charge in [0, 0.05) is 18.1 Å². The molecule has 0 bridgehead atoms. The van der Waals surface area contributed by atoms with Gasteiger partial charge in [-0.3, -0.25) is 0 Å². The van der Waals surface area contributed by atoms with Crippen molar-refractivity contribution in [2.24, 2.45) is 0 Å². The van der Waals surface area contributed by atoms with E-state index in [0.717, 1.165) is 0 Å². The van der Waals surface area contributed by atoms with E-state index in [1.54, 1.807) is 0 Å². The van der Waals surface area contributed by atoms with E-state index < -0.39 is 7.81 Å². The molecule has 1 nitrogen and oxygen atoms in total. The fourth-order valence-electron chi connectivity index (χ4n) is 3.28. The summed E-state index contributed by atoms with van der Waals surface area (Å²) >= 11 is 0. The topological polar surface area (TPSA) is 3.88 Å². The molecule has 1 aromatic rings. The second-order valence-corrected chi connectivity index (χ2v) is 10.1. The Kier molecular flexibility index (Phi) is 13.2. The molecule has 1 rings (SSSR count). The summed E-state index contributed by atoms with van der Waals surface area (Å²) in [6.07, 6.45) is 24.5. The molecule has 0 spiro atoms. The van der Waals surface area contributed by atoms with Gasteiger partial charge in [-0.15, -0.1) is 0 Å². The van der Waals surface area contributed by atoms with Crippen molar-refractivity contribution in [2.45, 2.75) is 110 Å². The number of hydrogen-bond acceptors (Lipinski definition) is 0. The molecule has 0 saturated carbocycles. The van der Waals surface area contributed by atoms with Crippen molar-refractivity contribution >= 4 is 7.81 Å². The molecule has 0 atom stereocenters. The van der Waals surface area contributed by atoms with Gasteiger partial charge in [-0.25, -0.2) is 4.57 Å². The zero-order chi connectivity index (χ0) is 23.0. The molecule has 0 radical (unpaired) electrons. The van der Waals surface area contributed by atoms with Crippen LogP contribution in [0.3, 0.4) is 0 Å². The summed E-state index contributed by atoms with van der Waals surface area (Å²) in [5.41, 5.74) is 1.36. The van der Waals surface area contributed by atoms with Crippen LogP contribution in [0.1, 0.15) is 102 Å². The van der Waals surface area contributed by atoms with Crippen LogP contribution in [0.5, 0.6) is 0 Å². The van der Waals surface area contributed by atoms with Crippen LogP contribution in [-0.2, 0) is 6.54 Å². The average Bonchev–Trinajstić information content (AvgIpc) is 2.59. The van der Waals surface area contributed by atoms with E-state index in [4.69, 9.17) is 0 Å². The van der Waals surface area contributed by atoms with Gasteiger partial charge in [0.1, 0.15) is 6.54 Å². The number of halogens is 6. The number of hydrogen-bond donors (Lipinski definition) is 0. The second-order valence-electron chi connectivity index (χ2n) is 8.17. The molecule has 8 heteroatoms. The molecule has 0 aliphatic heterocycles. The van der Waals surface area contributed by atoms with Crippen LogP contribution < -0.4 is 4.57 Å². The van der Waals surface area contributed by atoms with Crippen LogP contribution in [0.25, 0.3) is 0 Å². The van der Waals surface area contributed by atoms with Crippen molar-refractivity contribution in [3.05, 3.63) is 30.1 Å². The van der Waals surface area contributed by atoms with Gasteiger partial charge in [-0.1, -0.05) is 84.0 Å². The van der Waals surface area contributed by atoms with Gasteiger partial charge in [0.05, 0.1) is 0 Å². The first-order valence-corrected chi connectivity index (χ1v) is 13.3. The van der Waals surface area contributed by atoms with E-state index in [0.29, 0.717) is 0 Å². The van der Waals surface area contributed by atoms with Crippen molar-refractivity contribution in [1.82, 2.24) is 0 Å². The van der Waals surface area contributed by atoms with Gasteiger partial charge in [-0.05, 0) is 19.4 Å². The number of aromatic nitrogens is 1. The van der Waals surface area contributed by atoms with Crippen molar-refractivity contribution in [3.8, 4) is 0 Å². The Morgan fingerprint density at radius 2 is 1.03 bits per heavy atom. The Morgan fingerprint density at radius 1 is 0.667 bits per heavy atom. The number of unbranched alkanes of at least 4 members (excludes halogenated alkanes) is 13. The number of nitrogens with zero attached hydrogens (tertiary/aromatic N) is 1. The molecule has 0 fully saturated rings. The Balaban J connectivity index is 0.00000103. The van der Waals surface area contributed by atoms with Gasteiger partial charge < -0.3 is 0 Å². The van der Waals surface area contributed by atoms with Gasteiger partial charge >= 0.3 is 33.0 Å². The maximum absolute atomic E-state index is 10.7. The molecule has 0 unspecified atom stereocenters. The van der Waals surface area contributed by atoms with Gasteiger partial charge in [0.2, 0.25) is 0 Å². The van der Waals surface area contributed by atoms with Crippen molar-refractivity contribution in [1.29, 1.82) is 0 Å². The summed E-state index contributed by atoms with van der Waals surface area (Å²) < 4.78 is 61.5. The summed E-state index contributed by atoms with van der Waals surface area (Å²) in [7, 11) is -10.7. The summed E-state index contributed by atoms with van der Waals surface area (Å²) in [4.78, 5) is 0. The first-order valence-electron chi connectivity index (χ1n) is 11.3. The molecule has 0 amide bonds. The first kappa shape index (κ1) is 29.2. The maximum atomic E-state index is 9.87. The molecule has 180 valence electrons. The molecule has 1 heterocycles. The molecular formula is C22H40F6NP. The van der Waals surface area contributed by atoms with Gasteiger partial charge in [-0.2, -0.15) is 0 Å². The van der Waals surface area contributed by atoms with E-state index in [-0.39, 0.29) is 0 Å². The molecule has 1 aromatic heterocycles. The molecule has 0 aromatic carbocycles. The van der Waals surface area contributed by atoms with Crippen LogP contribution in [0.2, 0.25) is 0 Å². The average molecular weight is 464 g/mol. The predicted molar refractivity (Wildman–Crippen MR) is 115 cm³/mol. The quantitative estimate of drug-likeness (QED) is 0.105. The normalized spacial score (nSPS) is 13.9. The van der Waals surface area contributed by atoms with Crippen molar-refractivity contribution in [2.75, 3.05) is 0 Å². The number of pyridine rings is 1. The number of aryl methyl sites for hydroxylation is 2. The summed E-state index contributed by atoms with van der Waals surface area (Å²) in [5.74, 6) is 0. The van der Waals surface area contributed by atoms with Crippen LogP contribution >= 0.6 is 7.81 Å². The van der Waals surface area contributed by atoms with E-state index in [9.17, 15) is 25.2 Å². The van der Waals surface area contributed by atoms with Crippen LogP contribution in [0, 0.1) is 6.92 Å². The molecule has 0 saturated heterocycles. The van der Waals surface area contributed by atoms with E-state index in [1.807, 2.05) is 0 Å². The third kappa shape index (κ3) is 29.4. The Hall–Kier alpha value is -0.840. The Bertz CT molecular complexity index is 548. The van der Waals surface area contributed by atoms with E-state index in [2.05, 4.69) is 42.9 Å². The third-order valence-corrected chi connectivity index (χ3v) is 4.78. The number of rotatable bonds is 15. The summed E-state index contributed by atoms with van der Waals surface area (Å²) in [6, 6.07) is 4.32. The molecule has 0 aliphatic carbocycles. The summed E-state index contributed by atoms with van der Waals surface area (Å²) in [5, 5.41) is 0. The third-order valence-electron chi connectivity index (χ3n) is 4.78. The van der Waals surface area contributed by atoms with Crippen LogP contribution in [0.15, 0.2) is 24.5 Å². The zero-order valence-corrected chi connectivity index (χ0v) is 19.5. The van der Waals surface area contributed by atoms with Crippen LogP contribution in [-0.4, -0.2) is 0 Å². The monoisotopic (exact) mass is 463 g/mol. The SMILES string of the molecule is CCCCCCCCCCCCCCCC[n+]1cccc(C)c1.F[P-](F)(F)(F)(F)F. The van der Waals surface area contributed by atoms with Crippen molar-refractivity contribution < 1.29 is 29.7 Å².